The summed E-state index contributed by atoms with van der Waals surface area (Å²) >= 11 is 1.26. The fraction of sp³-hybridized carbons (Fsp3) is 0.176. The Kier molecular flexibility index (Phi) is 5.02. The topological polar surface area (TPSA) is 54.4 Å². The predicted octanol–water partition coefficient (Wildman–Crippen LogP) is 3.56. The molecular weight excluding hydrogens is 284 g/mol. The Hall–Kier alpha value is -2.25. The van der Waals surface area contributed by atoms with E-state index in [1.54, 1.807) is 18.2 Å². The van der Waals surface area contributed by atoms with Gasteiger partial charge in [-0.1, -0.05) is 47.9 Å². The second-order valence-corrected chi connectivity index (χ2v) is 5.68. The van der Waals surface area contributed by atoms with Crippen LogP contribution in [0.4, 0.5) is 0 Å². The Morgan fingerprint density at radius 2 is 1.86 bits per heavy atom. The van der Waals surface area contributed by atoms with Crippen LogP contribution in [0.5, 0.6) is 0 Å². The van der Waals surface area contributed by atoms with E-state index in [1.165, 1.54) is 18.7 Å². The van der Waals surface area contributed by atoms with Crippen LogP contribution in [0, 0.1) is 11.8 Å². The maximum Gasteiger partial charge on any atom is 0.336 e. The minimum Gasteiger partial charge on any atom is -0.478 e. The molecule has 2 aromatic rings. The van der Waals surface area contributed by atoms with E-state index >= 15 is 0 Å². The zero-order valence-corrected chi connectivity index (χ0v) is 12.4. The average Bonchev–Trinajstić information content (AvgIpc) is 2.46. The number of carbonyl (C=O) groups is 2. The van der Waals surface area contributed by atoms with Crippen molar-refractivity contribution in [3.63, 3.8) is 0 Å². The van der Waals surface area contributed by atoms with Crippen molar-refractivity contribution in [3.05, 3.63) is 47.5 Å². The summed E-state index contributed by atoms with van der Waals surface area (Å²) < 4.78 is 0. The number of hydrogen-bond acceptors (Lipinski definition) is 3. The first-order valence-corrected chi connectivity index (χ1v) is 7.45. The van der Waals surface area contributed by atoms with E-state index in [-0.39, 0.29) is 10.7 Å². The van der Waals surface area contributed by atoms with Crippen molar-refractivity contribution in [3.8, 4) is 11.8 Å². The van der Waals surface area contributed by atoms with E-state index in [4.69, 9.17) is 0 Å². The lowest BCUT2D eigenvalue weighted by molar-refractivity contribution is -0.109. The summed E-state index contributed by atoms with van der Waals surface area (Å²) in [5, 5.41) is 10.8. The molecule has 1 N–H and O–H groups in total. The van der Waals surface area contributed by atoms with Crippen LogP contribution in [-0.2, 0) is 4.79 Å². The van der Waals surface area contributed by atoms with Crippen molar-refractivity contribution >= 4 is 33.6 Å². The lowest BCUT2D eigenvalue weighted by atomic mass is 10.0. The summed E-state index contributed by atoms with van der Waals surface area (Å²) in [5.41, 5.74) is 1.09. The molecule has 3 nitrogen and oxygen atoms in total. The number of carboxylic acid groups (broad SMARTS) is 1. The molecule has 0 aromatic heterocycles. The summed E-state index contributed by atoms with van der Waals surface area (Å²) in [6, 6.07) is 10.7. The Balaban J connectivity index is 2.29. The number of carbonyl (C=O) groups excluding carboxylic acids is 1. The molecule has 0 aliphatic heterocycles. The van der Waals surface area contributed by atoms with E-state index in [9.17, 15) is 14.7 Å². The van der Waals surface area contributed by atoms with E-state index in [0.717, 1.165) is 10.9 Å². The fourth-order valence-electron chi connectivity index (χ4n) is 2.01. The third-order valence-corrected chi connectivity index (χ3v) is 3.72. The van der Waals surface area contributed by atoms with Gasteiger partial charge in [-0.05, 0) is 22.9 Å². The highest BCUT2D eigenvalue weighted by Crippen LogP contribution is 2.22. The van der Waals surface area contributed by atoms with Gasteiger partial charge in [0, 0.05) is 24.7 Å². The van der Waals surface area contributed by atoms with Crippen LogP contribution in [0.1, 0.15) is 29.3 Å². The number of aromatic carboxylic acids is 1. The molecule has 0 unspecified atom stereocenters. The van der Waals surface area contributed by atoms with Gasteiger partial charge in [-0.3, -0.25) is 4.79 Å². The molecular formula is C17H14O3S. The lowest BCUT2D eigenvalue weighted by Crippen LogP contribution is -1.97. The minimum atomic E-state index is -0.941. The van der Waals surface area contributed by atoms with Gasteiger partial charge in [0.25, 0.3) is 0 Å². The Morgan fingerprint density at radius 1 is 1.14 bits per heavy atom. The van der Waals surface area contributed by atoms with Gasteiger partial charge in [0.15, 0.2) is 5.12 Å². The van der Waals surface area contributed by atoms with Gasteiger partial charge >= 0.3 is 5.97 Å². The second kappa shape index (κ2) is 6.96. The predicted molar refractivity (Wildman–Crippen MR) is 85.5 cm³/mol. The smallest absolute Gasteiger partial charge is 0.336 e. The average molecular weight is 298 g/mol. The van der Waals surface area contributed by atoms with Gasteiger partial charge in [0.1, 0.15) is 0 Å². The van der Waals surface area contributed by atoms with Crippen molar-refractivity contribution in [2.45, 2.75) is 13.3 Å². The number of carboxylic acids is 1. The summed E-state index contributed by atoms with van der Waals surface area (Å²) in [5.74, 6) is 5.82. The highest BCUT2D eigenvalue weighted by Gasteiger charge is 2.08. The van der Waals surface area contributed by atoms with Crippen LogP contribution in [0.15, 0.2) is 36.4 Å². The normalized spacial score (nSPS) is 9.95. The van der Waals surface area contributed by atoms with Crippen LogP contribution >= 0.6 is 11.8 Å². The standard InChI is InChI=1S/C17H14O3S/c1-12(18)21-11-3-2-6-13-7-4-9-15-14(13)8-5-10-16(15)17(19)20/h4-5,7-10H,3,11H2,1H3,(H,19,20). The Bertz CT molecular complexity index is 753. The van der Waals surface area contributed by atoms with E-state index in [2.05, 4.69) is 11.8 Å². The monoisotopic (exact) mass is 298 g/mol. The lowest BCUT2D eigenvalue weighted by Gasteiger charge is -2.04. The molecule has 106 valence electrons. The second-order valence-electron chi connectivity index (χ2n) is 4.40. The van der Waals surface area contributed by atoms with E-state index < -0.39 is 5.97 Å². The van der Waals surface area contributed by atoms with Gasteiger partial charge in [0.2, 0.25) is 0 Å². The van der Waals surface area contributed by atoms with Gasteiger partial charge in [-0.2, -0.15) is 0 Å². The highest BCUT2D eigenvalue weighted by atomic mass is 32.2. The summed E-state index contributed by atoms with van der Waals surface area (Å²) in [6.07, 6.45) is 0.624. The van der Waals surface area contributed by atoms with Crippen molar-refractivity contribution in [2.75, 3.05) is 5.75 Å². The summed E-state index contributed by atoms with van der Waals surface area (Å²) in [6.45, 7) is 1.54. The number of thioether (sulfide) groups is 1. The number of hydrogen-bond donors (Lipinski definition) is 1. The molecule has 0 radical (unpaired) electrons. The molecule has 0 saturated carbocycles. The Morgan fingerprint density at radius 3 is 2.57 bits per heavy atom. The van der Waals surface area contributed by atoms with Crippen LogP contribution < -0.4 is 0 Å². The largest absolute Gasteiger partial charge is 0.478 e. The van der Waals surface area contributed by atoms with Crippen molar-refractivity contribution in [2.24, 2.45) is 0 Å². The molecule has 0 amide bonds. The maximum atomic E-state index is 11.2. The molecule has 21 heavy (non-hydrogen) atoms. The van der Waals surface area contributed by atoms with Gasteiger partial charge < -0.3 is 5.11 Å². The van der Waals surface area contributed by atoms with Crippen LogP contribution in [0.25, 0.3) is 10.8 Å². The molecule has 0 bridgehead atoms. The molecule has 0 aliphatic rings. The van der Waals surface area contributed by atoms with Crippen molar-refractivity contribution in [1.29, 1.82) is 0 Å². The zero-order valence-electron chi connectivity index (χ0n) is 11.6. The van der Waals surface area contributed by atoms with Crippen LogP contribution in [0.2, 0.25) is 0 Å². The first kappa shape index (κ1) is 15.1. The maximum absolute atomic E-state index is 11.2. The van der Waals surface area contributed by atoms with Crippen LogP contribution in [0.3, 0.4) is 0 Å². The fourth-order valence-corrected chi connectivity index (χ4v) is 2.50. The molecule has 0 spiro atoms. The SMILES string of the molecule is CC(=O)SCCC#Cc1cccc2c(C(=O)O)cccc12. The van der Waals surface area contributed by atoms with E-state index in [1.807, 2.05) is 18.2 Å². The van der Waals surface area contributed by atoms with E-state index in [0.29, 0.717) is 17.6 Å². The number of benzene rings is 2. The zero-order chi connectivity index (χ0) is 15.2. The molecule has 2 rings (SSSR count). The minimum absolute atomic E-state index is 0.0908. The molecule has 4 heteroatoms. The van der Waals surface area contributed by atoms with Crippen molar-refractivity contribution < 1.29 is 14.7 Å². The van der Waals surface area contributed by atoms with Crippen LogP contribution in [-0.4, -0.2) is 21.9 Å². The van der Waals surface area contributed by atoms with Gasteiger partial charge in [-0.25, -0.2) is 4.79 Å². The molecule has 0 heterocycles. The van der Waals surface area contributed by atoms with Crippen molar-refractivity contribution in [1.82, 2.24) is 0 Å². The molecule has 0 aliphatic carbocycles. The third kappa shape index (κ3) is 3.87. The first-order chi connectivity index (χ1) is 10.1. The first-order valence-electron chi connectivity index (χ1n) is 6.47. The molecule has 2 aromatic carbocycles. The van der Waals surface area contributed by atoms with Gasteiger partial charge in [-0.15, -0.1) is 0 Å². The Labute approximate surface area is 127 Å². The number of rotatable bonds is 3. The quantitative estimate of drug-likeness (QED) is 0.695. The molecule has 0 atom stereocenters. The van der Waals surface area contributed by atoms with Gasteiger partial charge in [0.05, 0.1) is 5.56 Å². The summed E-state index contributed by atoms with van der Waals surface area (Å²) in [4.78, 5) is 22.0. The molecule has 0 fully saturated rings. The molecule has 0 saturated heterocycles. The third-order valence-electron chi connectivity index (χ3n) is 2.91. The summed E-state index contributed by atoms with van der Waals surface area (Å²) in [7, 11) is 0. The number of fused-ring (bicyclic) bond motifs is 1. The highest BCUT2D eigenvalue weighted by molar-refractivity contribution is 8.13.